The van der Waals surface area contributed by atoms with E-state index in [-0.39, 0.29) is 10.6 Å². The Kier molecular flexibility index (Phi) is 6.21. The molecule has 0 spiro atoms. The summed E-state index contributed by atoms with van der Waals surface area (Å²) in [5.41, 5.74) is -1.03. The van der Waals surface area contributed by atoms with E-state index < -0.39 is 26.4 Å². The topological polar surface area (TPSA) is 118 Å². The number of amides is 1. The summed E-state index contributed by atoms with van der Waals surface area (Å²) in [7, 11) is -3.95. The number of hydrogen-bond acceptors (Lipinski definition) is 5. The molecule has 2 N–H and O–H groups in total. The smallest absolute Gasteiger partial charge is 0.269 e. The van der Waals surface area contributed by atoms with E-state index in [1.165, 1.54) is 48.5 Å². The predicted molar refractivity (Wildman–Crippen MR) is 109 cm³/mol. The molecule has 8 nitrogen and oxygen atoms in total. The molecule has 0 atom stereocenters. The number of sulfonamides is 1. The van der Waals surface area contributed by atoms with Crippen LogP contribution in [0, 0.1) is 10.1 Å². The average molecular weight is 438 g/mol. The third-order valence-corrected chi connectivity index (χ3v) is 6.74. The van der Waals surface area contributed by atoms with Crippen molar-refractivity contribution in [2.75, 3.05) is 5.32 Å². The molecule has 10 heteroatoms. The maximum Gasteiger partial charge on any atom is 0.269 e. The fraction of sp³-hybridized carbons (Fsp3) is 0.316. The van der Waals surface area contributed by atoms with Crippen LogP contribution >= 0.6 is 11.6 Å². The van der Waals surface area contributed by atoms with Crippen molar-refractivity contribution in [2.45, 2.75) is 42.5 Å². The zero-order valence-electron chi connectivity index (χ0n) is 15.4. The molecular formula is C19H20ClN3O5S. The summed E-state index contributed by atoms with van der Waals surface area (Å²) in [4.78, 5) is 23.3. The SMILES string of the molecule is O=C(Nc1ccc([N+](=O)[O-])cc1)C1(NS(=O)(=O)c2ccc(Cl)cc2)CCCCC1. The fourth-order valence-corrected chi connectivity index (χ4v) is 4.93. The molecule has 1 fully saturated rings. The summed E-state index contributed by atoms with van der Waals surface area (Å²) in [6.45, 7) is 0. The molecule has 0 bridgehead atoms. The predicted octanol–water partition coefficient (Wildman–Crippen LogP) is 3.87. The number of halogens is 1. The van der Waals surface area contributed by atoms with Crippen LogP contribution in [0.3, 0.4) is 0 Å². The quantitative estimate of drug-likeness (QED) is 0.525. The molecule has 0 unspecified atom stereocenters. The van der Waals surface area contributed by atoms with Gasteiger partial charge in [0, 0.05) is 22.8 Å². The number of rotatable bonds is 6. The zero-order valence-corrected chi connectivity index (χ0v) is 17.0. The molecule has 1 aliphatic rings. The van der Waals surface area contributed by atoms with Crippen LogP contribution in [-0.2, 0) is 14.8 Å². The van der Waals surface area contributed by atoms with Crippen LogP contribution in [0.4, 0.5) is 11.4 Å². The van der Waals surface area contributed by atoms with Crippen molar-refractivity contribution in [3.8, 4) is 0 Å². The lowest BCUT2D eigenvalue weighted by Crippen LogP contribution is -2.57. The second-order valence-corrected chi connectivity index (χ2v) is 9.08. The van der Waals surface area contributed by atoms with Crippen LogP contribution in [0.15, 0.2) is 53.4 Å². The summed E-state index contributed by atoms with van der Waals surface area (Å²) in [6, 6.07) is 11.1. The Bertz CT molecular complexity index is 1000. The van der Waals surface area contributed by atoms with E-state index >= 15 is 0 Å². The van der Waals surface area contributed by atoms with E-state index in [1.54, 1.807) is 0 Å². The monoisotopic (exact) mass is 437 g/mol. The number of nitrogens with zero attached hydrogens (tertiary/aromatic N) is 1. The van der Waals surface area contributed by atoms with E-state index in [4.69, 9.17) is 11.6 Å². The molecule has 0 saturated heterocycles. The highest BCUT2D eigenvalue weighted by atomic mass is 35.5. The van der Waals surface area contributed by atoms with E-state index in [2.05, 4.69) is 10.0 Å². The van der Waals surface area contributed by atoms with Crippen LogP contribution in [-0.4, -0.2) is 24.8 Å². The summed E-state index contributed by atoms with van der Waals surface area (Å²) in [5, 5.41) is 13.9. The normalized spacial score (nSPS) is 16.2. The summed E-state index contributed by atoms with van der Waals surface area (Å²) < 4.78 is 28.4. The fourth-order valence-electron chi connectivity index (χ4n) is 3.38. The first-order valence-corrected chi connectivity index (χ1v) is 10.9. The zero-order chi connectivity index (χ0) is 21.1. The standard InChI is InChI=1S/C19H20ClN3O5S/c20-14-4-10-17(11-5-14)29(27,28)22-19(12-2-1-3-13-19)18(24)21-15-6-8-16(9-7-15)23(25)26/h4-11,22H,1-3,12-13H2,(H,21,24). The molecule has 29 heavy (non-hydrogen) atoms. The number of carbonyl (C=O) groups excluding carboxylic acids is 1. The van der Waals surface area contributed by atoms with Crippen LogP contribution in [0.1, 0.15) is 32.1 Å². The lowest BCUT2D eigenvalue weighted by Gasteiger charge is -2.36. The van der Waals surface area contributed by atoms with Gasteiger partial charge in [0.1, 0.15) is 5.54 Å². The Hall–Kier alpha value is -2.49. The summed E-state index contributed by atoms with van der Waals surface area (Å²) in [5.74, 6) is -0.483. The van der Waals surface area contributed by atoms with Gasteiger partial charge in [0.05, 0.1) is 9.82 Å². The van der Waals surface area contributed by atoms with Crippen molar-refractivity contribution in [1.82, 2.24) is 4.72 Å². The van der Waals surface area contributed by atoms with Gasteiger partial charge in [-0.05, 0) is 49.2 Å². The van der Waals surface area contributed by atoms with Gasteiger partial charge in [-0.3, -0.25) is 14.9 Å². The minimum Gasteiger partial charge on any atom is -0.324 e. The number of nitro groups is 1. The van der Waals surface area contributed by atoms with Crippen molar-refractivity contribution in [3.63, 3.8) is 0 Å². The van der Waals surface area contributed by atoms with Gasteiger partial charge in [-0.15, -0.1) is 0 Å². The molecule has 0 heterocycles. The number of anilines is 1. The Morgan fingerprint density at radius 1 is 1.00 bits per heavy atom. The first-order chi connectivity index (χ1) is 13.7. The Morgan fingerprint density at radius 3 is 2.14 bits per heavy atom. The number of carbonyl (C=O) groups is 1. The molecule has 154 valence electrons. The summed E-state index contributed by atoms with van der Waals surface area (Å²) >= 11 is 5.83. The maximum absolute atomic E-state index is 13.1. The Labute approximate surface area is 173 Å². The minimum atomic E-state index is -3.95. The molecule has 0 aliphatic heterocycles. The highest BCUT2D eigenvalue weighted by Crippen LogP contribution is 2.32. The molecule has 2 aromatic rings. The summed E-state index contributed by atoms with van der Waals surface area (Å²) in [6.07, 6.45) is 3.04. The Morgan fingerprint density at radius 2 is 1.59 bits per heavy atom. The van der Waals surface area contributed by atoms with Crippen LogP contribution in [0.2, 0.25) is 5.02 Å². The van der Waals surface area contributed by atoms with Gasteiger partial charge in [-0.25, -0.2) is 8.42 Å². The lowest BCUT2D eigenvalue weighted by molar-refractivity contribution is -0.384. The van der Waals surface area contributed by atoms with E-state index in [1.807, 2.05) is 0 Å². The molecular weight excluding hydrogens is 418 g/mol. The molecule has 1 amide bonds. The van der Waals surface area contributed by atoms with Crippen molar-refractivity contribution < 1.29 is 18.1 Å². The lowest BCUT2D eigenvalue weighted by atomic mass is 9.82. The minimum absolute atomic E-state index is 0.0231. The van der Waals surface area contributed by atoms with Gasteiger partial charge in [0.2, 0.25) is 15.9 Å². The van der Waals surface area contributed by atoms with Gasteiger partial charge < -0.3 is 5.32 Å². The van der Waals surface area contributed by atoms with Crippen molar-refractivity contribution in [3.05, 3.63) is 63.7 Å². The van der Waals surface area contributed by atoms with Crippen LogP contribution in [0.5, 0.6) is 0 Å². The number of hydrogen-bond donors (Lipinski definition) is 2. The Balaban J connectivity index is 1.84. The van der Waals surface area contributed by atoms with E-state index in [0.29, 0.717) is 36.4 Å². The van der Waals surface area contributed by atoms with Gasteiger partial charge in [0.25, 0.3) is 5.69 Å². The molecule has 0 aromatic heterocycles. The highest BCUT2D eigenvalue weighted by molar-refractivity contribution is 7.89. The molecule has 3 rings (SSSR count). The number of nitrogens with one attached hydrogen (secondary N) is 2. The number of non-ortho nitro benzene ring substituents is 1. The van der Waals surface area contributed by atoms with E-state index in [0.717, 1.165) is 6.42 Å². The molecule has 1 aliphatic carbocycles. The second kappa shape index (κ2) is 8.48. The van der Waals surface area contributed by atoms with Crippen LogP contribution in [0.25, 0.3) is 0 Å². The van der Waals surface area contributed by atoms with Gasteiger partial charge in [-0.2, -0.15) is 4.72 Å². The third kappa shape index (κ3) is 4.92. The first-order valence-electron chi connectivity index (χ1n) is 9.07. The molecule has 1 saturated carbocycles. The van der Waals surface area contributed by atoms with E-state index in [9.17, 15) is 23.3 Å². The van der Waals surface area contributed by atoms with Gasteiger partial charge >= 0.3 is 0 Å². The maximum atomic E-state index is 13.1. The highest BCUT2D eigenvalue weighted by Gasteiger charge is 2.43. The second-order valence-electron chi connectivity index (χ2n) is 6.96. The molecule has 0 radical (unpaired) electrons. The van der Waals surface area contributed by atoms with Crippen LogP contribution < -0.4 is 10.0 Å². The number of nitro benzene ring substituents is 1. The van der Waals surface area contributed by atoms with Gasteiger partial charge in [-0.1, -0.05) is 30.9 Å². The average Bonchev–Trinajstić information content (AvgIpc) is 2.69. The largest absolute Gasteiger partial charge is 0.324 e. The number of benzene rings is 2. The third-order valence-electron chi connectivity index (χ3n) is 4.93. The molecule has 2 aromatic carbocycles. The van der Waals surface area contributed by atoms with Gasteiger partial charge in [0.15, 0.2) is 0 Å². The first kappa shape index (κ1) is 21.2. The van der Waals surface area contributed by atoms with Crippen molar-refractivity contribution in [1.29, 1.82) is 0 Å². The van der Waals surface area contributed by atoms with Crippen molar-refractivity contribution >= 4 is 38.9 Å². The van der Waals surface area contributed by atoms with Crippen molar-refractivity contribution in [2.24, 2.45) is 0 Å².